The fourth-order valence-electron chi connectivity index (χ4n) is 4.41. The normalized spacial score (nSPS) is 12.4. The summed E-state index contributed by atoms with van der Waals surface area (Å²) in [5.41, 5.74) is 5.79. The summed E-state index contributed by atoms with van der Waals surface area (Å²) < 4.78 is 2.32. The van der Waals surface area contributed by atoms with E-state index in [0.717, 1.165) is 16.9 Å². The van der Waals surface area contributed by atoms with E-state index in [1.807, 2.05) is 6.20 Å². The van der Waals surface area contributed by atoms with Crippen molar-refractivity contribution in [3.63, 3.8) is 0 Å². The number of hydrogen-bond donors (Lipinski definition) is 0. The van der Waals surface area contributed by atoms with Gasteiger partial charge in [-0.1, -0.05) is 30.3 Å². The number of aryl methyl sites for hydroxylation is 2. The number of pyridine rings is 2. The molecule has 0 spiro atoms. The van der Waals surface area contributed by atoms with Crippen LogP contribution in [0.2, 0.25) is 0 Å². The van der Waals surface area contributed by atoms with Crippen molar-refractivity contribution in [2.45, 2.75) is 13.8 Å². The molecule has 3 heteroatoms. The fourth-order valence-corrected chi connectivity index (χ4v) is 4.41. The quantitative estimate of drug-likeness (QED) is 0.277. The summed E-state index contributed by atoms with van der Waals surface area (Å²) in [5, 5.41) is 6.17. The molecule has 6 aromatic rings. The van der Waals surface area contributed by atoms with E-state index >= 15 is 0 Å². The third-order valence-corrected chi connectivity index (χ3v) is 5.47. The molecule has 0 amide bonds. The number of aromatic nitrogens is 3. The van der Waals surface area contributed by atoms with Gasteiger partial charge < -0.3 is 0 Å². The van der Waals surface area contributed by atoms with Gasteiger partial charge in [0.1, 0.15) is 5.82 Å². The first-order chi connectivity index (χ1) is 12.2. The van der Waals surface area contributed by atoms with Gasteiger partial charge in [-0.05, 0) is 53.8 Å². The van der Waals surface area contributed by atoms with Crippen molar-refractivity contribution in [1.82, 2.24) is 14.4 Å². The van der Waals surface area contributed by atoms with Crippen molar-refractivity contribution >= 4 is 49.0 Å². The standard InChI is InChI=1S/C22H15N3/c1-12-16-6-4-3-5-15(16)11-17-20-19-14(9-10-23-20)7-8-18-22(19)25(21(12)17)13(2)24-18/h3-11H,1-2H3. The molecule has 25 heavy (non-hydrogen) atoms. The first kappa shape index (κ1) is 13.1. The zero-order valence-electron chi connectivity index (χ0n) is 14.0. The molecule has 0 N–H and O–H groups in total. The molecule has 0 atom stereocenters. The molecule has 0 aliphatic heterocycles. The Kier molecular flexibility index (Phi) is 2.23. The van der Waals surface area contributed by atoms with Crippen LogP contribution in [0.1, 0.15) is 11.4 Å². The topological polar surface area (TPSA) is 30.2 Å². The number of benzene rings is 3. The third kappa shape index (κ3) is 1.47. The molecule has 118 valence electrons. The Morgan fingerprint density at radius 1 is 0.840 bits per heavy atom. The second-order valence-corrected chi connectivity index (χ2v) is 6.80. The molecule has 0 radical (unpaired) electrons. The SMILES string of the molecule is Cc1c2ccccc2cc2c3nccc4ccc5nc(C)n(c12)c5c43. The molecule has 0 saturated carbocycles. The van der Waals surface area contributed by atoms with Crippen LogP contribution in [0.5, 0.6) is 0 Å². The maximum Gasteiger partial charge on any atom is 0.111 e. The van der Waals surface area contributed by atoms with Crippen LogP contribution in [0.25, 0.3) is 49.0 Å². The van der Waals surface area contributed by atoms with Gasteiger partial charge in [0.15, 0.2) is 0 Å². The van der Waals surface area contributed by atoms with E-state index < -0.39 is 0 Å². The number of rotatable bonds is 0. The van der Waals surface area contributed by atoms with Crippen LogP contribution < -0.4 is 0 Å². The van der Waals surface area contributed by atoms with Gasteiger partial charge in [0, 0.05) is 17.0 Å². The summed E-state index contributed by atoms with van der Waals surface area (Å²) >= 11 is 0. The summed E-state index contributed by atoms with van der Waals surface area (Å²) in [6.45, 7) is 4.30. The molecule has 0 fully saturated rings. The molecule has 0 aliphatic rings. The fraction of sp³-hybridized carbons (Fsp3) is 0.0909. The molecule has 3 heterocycles. The van der Waals surface area contributed by atoms with Crippen molar-refractivity contribution in [1.29, 1.82) is 0 Å². The minimum Gasteiger partial charge on any atom is -0.295 e. The highest BCUT2D eigenvalue weighted by Crippen LogP contribution is 2.38. The highest BCUT2D eigenvalue weighted by Gasteiger charge is 2.19. The molecule has 0 bridgehead atoms. The Labute approximate surface area is 143 Å². The van der Waals surface area contributed by atoms with E-state index in [0.29, 0.717) is 0 Å². The molecule has 3 aromatic carbocycles. The van der Waals surface area contributed by atoms with Gasteiger partial charge in [-0.25, -0.2) is 4.98 Å². The van der Waals surface area contributed by atoms with Gasteiger partial charge in [-0.3, -0.25) is 9.38 Å². The van der Waals surface area contributed by atoms with Gasteiger partial charge in [0.2, 0.25) is 0 Å². The average molecular weight is 321 g/mol. The van der Waals surface area contributed by atoms with E-state index in [2.05, 4.69) is 66.8 Å². The van der Waals surface area contributed by atoms with E-state index in [4.69, 9.17) is 9.97 Å². The van der Waals surface area contributed by atoms with Crippen LogP contribution in [-0.2, 0) is 0 Å². The van der Waals surface area contributed by atoms with Crippen LogP contribution in [0.4, 0.5) is 0 Å². The van der Waals surface area contributed by atoms with Crippen LogP contribution in [0, 0.1) is 13.8 Å². The van der Waals surface area contributed by atoms with Crippen molar-refractivity contribution in [3.05, 3.63) is 66.1 Å². The lowest BCUT2D eigenvalue weighted by Gasteiger charge is -2.15. The van der Waals surface area contributed by atoms with E-state index in [1.165, 1.54) is 43.5 Å². The van der Waals surface area contributed by atoms with Gasteiger partial charge in [-0.15, -0.1) is 0 Å². The lowest BCUT2D eigenvalue weighted by Crippen LogP contribution is -1.98. The Hall–Kier alpha value is -3.20. The lowest BCUT2D eigenvalue weighted by atomic mass is 9.97. The second-order valence-electron chi connectivity index (χ2n) is 6.80. The second kappa shape index (κ2) is 4.25. The van der Waals surface area contributed by atoms with Gasteiger partial charge in [0.05, 0.1) is 22.1 Å². The largest absolute Gasteiger partial charge is 0.295 e. The average Bonchev–Trinajstić information content (AvgIpc) is 2.98. The van der Waals surface area contributed by atoms with Gasteiger partial charge in [0.25, 0.3) is 0 Å². The minimum atomic E-state index is 1.02. The number of fused-ring (bicyclic) bond motifs is 4. The summed E-state index contributed by atoms with van der Waals surface area (Å²) in [6.07, 6.45) is 1.91. The van der Waals surface area contributed by atoms with Crippen molar-refractivity contribution in [3.8, 4) is 0 Å². The Balaban J connectivity index is 2.10. The highest BCUT2D eigenvalue weighted by atomic mass is 15.0. The van der Waals surface area contributed by atoms with E-state index in [1.54, 1.807) is 0 Å². The summed E-state index contributed by atoms with van der Waals surface area (Å²) in [4.78, 5) is 9.60. The maximum absolute atomic E-state index is 4.82. The van der Waals surface area contributed by atoms with Crippen LogP contribution in [-0.4, -0.2) is 14.4 Å². The number of hydrogen-bond acceptors (Lipinski definition) is 2. The zero-order chi connectivity index (χ0) is 16.7. The third-order valence-electron chi connectivity index (χ3n) is 5.47. The molecule has 0 unspecified atom stereocenters. The maximum atomic E-state index is 4.82. The van der Waals surface area contributed by atoms with Gasteiger partial charge in [-0.2, -0.15) is 0 Å². The predicted molar refractivity (Wildman–Crippen MR) is 104 cm³/mol. The van der Waals surface area contributed by atoms with Gasteiger partial charge >= 0.3 is 0 Å². The minimum absolute atomic E-state index is 1.02. The molecule has 3 nitrogen and oxygen atoms in total. The zero-order valence-corrected chi connectivity index (χ0v) is 14.0. The first-order valence-electron chi connectivity index (χ1n) is 8.54. The highest BCUT2D eigenvalue weighted by molar-refractivity contribution is 6.23. The first-order valence-corrected chi connectivity index (χ1v) is 8.54. The van der Waals surface area contributed by atoms with Crippen molar-refractivity contribution in [2.75, 3.05) is 0 Å². The number of imidazole rings is 1. The van der Waals surface area contributed by atoms with Crippen LogP contribution >= 0.6 is 0 Å². The summed E-state index contributed by atoms with van der Waals surface area (Å²) in [7, 11) is 0. The molecular formula is C22H15N3. The Morgan fingerprint density at radius 3 is 2.64 bits per heavy atom. The molecule has 3 aromatic heterocycles. The van der Waals surface area contributed by atoms with Crippen molar-refractivity contribution in [2.24, 2.45) is 0 Å². The van der Waals surface area contributed by atoms with E-state index in [9.17, 15) is 0 Å². The van der Waals surface area contributed by atoms with E-state index in [-0.39, 0.29) is 0 Å². The smallest absolute Gasteiger partial charge is 0.111 e. The summed E-state index contributed by atoms with van der Waals surface area (Å²) in [5.74, 6) is 1.02. The number of nitrogens with zero attached hydrogens (tertiary/aromatic N) is 3. The monoisotopic (exact) mass is 321 g/mol. The lowest BCUT2D eigenvalue weighted by molar-refractivity contribution is 1.09. The summed E-state index contributed by atoms with van der Waals surface area (Å²) in [6, 6.07) is 17.2. The Bertz CT molecular complexity index is 1460. The Morgan fingerprint density at radius 2 is 1.72 bits per heavy atom. The van der Waals surface area contributed by atoms with Crippen LogP contribution in [0.3, 0.4) is 0 Å². The van der Waals surface area contributed by atoms with Crippen molar-refractivity contribution < 1.29 is 0 Å². The molecule has 0 saturated heterocycles. The molecular weight excluding hydrogens is 306 g/mol. The molecule has 6 rings (SSSR count). The van der Waals surface area contributed by atoms with Crippen LogP contribution in [0.15, 0.2) is 54.7 Å². The predicted octanol–water partition coefficient (Wildman–Crippen LogP) is 5.40. The molecule has 0 aliphatic carbocycles.